The van der Waals surface area contributed by atoms with Gasteiger partial charge >= 0.3 is 0 Å². The Bertz CT molecular complexity index is 729. The fraction of sp³-hybridized carbons (Fsp3) is 0.444. The van der Waals surface area contributed by atoms with Gasteiger partial charge in [-0.3, -0.25) is 4.79 Å². The molecule has 0 spiro atoms. The number of aryl methyl sites for hydroxylation is 3. The molecule has 0 fully saturated rings. The molecule has 0 saturated heterocycles. The van der Waals surface area contributed by atoms with Gasteiger partial charge in [0, 0.05) is 12.1 Å². The number of ether oxygens (including phenoxy) is 1. The monoisotopic (exact) mass is 314 g/mol. The van der Waals surface area contributed by atoms with Gasteiger partial charge in [0.15, 0.2) is 0 Å². The number of amides is 1. The van der Waals surface area contributed by atoms with Crippen molar-refractivity contribution in [2.24, 2.45) is 0 Å². The average molecular weight is 314 g/mol. The topological polar surface area (TPSA) is 55.6 Å². The summed E-state index contributed by atoms with van der Waals surface area (Å²) in [4.78, 5) is 14.8. The van der Waals surface area contributed by atoms with Crippen LogP contribution in [0.3, 0.4) is 0 Å². The molecule has 3 rings (SSSR count). The summed E-state index contributed by atoms with van der Waals surface area (Å²) in [5.74, 6) is 1.53. The van der Waals surface area contributed by atoms with Crippen molar-refractivity contribution >= 4 is 11.6 Å². The van der Waals surface area contributed by atoms with E-state index >= 15 is 0 Å². The smallest absolute Gasteiger partial charge is 0.231 e. The van der Waals surface area contributed by atoms with Gasteiger partial charge in [-0.05, 0) is 50.8 Å². The molecule has 122 valence electrons. The summed E-state index contributed by atoms with van der Waals surface area (Å²) in [6.07, 6.45) is 2.25. The fourth-order valence-corrected chi connectivity index (χ4v) is 3.27. The van der Waals surface area contributed by atoms with Gasteiger partial charge in [-0.15, -0.1) is 0 Å². The minimum Gasteiger partial charge on any atom is -0.495 e. The van der Waals surface area contributed by atoms with Crippen molar-refractivity contribution in [2.45, 2.75) is 40.0 Å². The van der Waals surface area contributed by atoms with Crippen LogP contribution in [0, 0.1) is 20.8 Å². The molecule has 5 nitrogen and oxygen atoms in total. The number of benzene rings is 1. The molecule has 23 heavy (non-hydrogen) atoms. The Morgan fingerprint density at radius 2 is 2.13 bits per heavy atom. The van der Waals surface area contributed by atoms with Crippen LogP contribution in [0.5, 0.6) is 5.75 Å². The van der Waals surface area contributed by atoms with Crippen LogP contribution < -0.4 is 9.64 Å². The molecule has 1 aliphatic heterocycles. The Balaban J connectivity index is 1.97. The largest absolute Gasteiger partial charge is 0.495 e. The number of methoxy groups -OCH3 is 1. The normalized spacial score (nSPS) is 13.8. The summed E-state index contributed by atoms with van der Waals surface area (Å²) in [7, 11) is 1.65. The Morgan fingerprint density at radius 3 is 2.78 bits per heavy atom. The first kappa shape index (κ1) is 15.6. The van der Waals surface area contributed by atoms with Gasteiger partial charge in [-0.1, -0.05) is 11.2 Å². The lowest BCUT2D eigenvalue weighted by Gasteiger charge is -2.32. The first-order valence-corrected chi connectivity index (χ1v) is 7.91. The van der Waals surface area contributed by atoms with Gasteiger partial charge in [0.1, 0.15) is 11.5 Å². The molecule has 5 heteroatoms. The zero-order valence-electron chi connectivity index (χ0n) is 14.1. The van der Waals surface area contributed by atoms with Crippen LogP contribution in [-0.2, 0) is 17.6 Å². The Kier molecular flexibility index (Phi) is 4.11. The van der Waals surface area contributed by atoms with Gasteiger partial charge in [0.2, 0.25) is 5.91 Å². The summed E-state index contributed by atoms with van der Waals surface area (Å²) in [5.41, 5.74) is 5.01. The predicted molar refractivity (Wildman–Crippen MR) is 88.1 cm³/mol. The van der Waals surface area contributed by atoms with Crippen molar-refractivity contribution in [2.75, 3.05) is 18.6 Å². The highest BCUT2D eigenvalue weighted by molar-refractivity contribution is 5.98. The highest BCUT2D eigenvalue weighted by Crippen LogP contribution is 2.38. The fourth-order valence-electron chi connectivity index (χ4n) is 3.27. The van der Waals surface area contributed by atoms with E-state index in [2.05, 4.69) is 18.1 Å². The number of aromatic nitrogens is 1. The third-order valence-electron chi connectivity index (χ3n) is 4.59. The first-order valence-electron chi connectivity index (χ1n) is 7.91. The van der Waals surface area contributed by atoms with Crippen LogP contribution in [0.15, 0.2) is 16.7 Å². The number of fused-ring (bicyclic) bond motifs is 1. The van der Waals surface area contributed by atoms with Crippen molar-refractivity contribution in [1.82, 2.24) is 5.16 Å². The summed E-state index contributed by atoms with van der Waals surface area (Å²) >= 11 is 0. The minimum atomic E-state index is 0.0595. The molecule has 0 aliphatic carbocycles. The lowest BCUT2D eigenvalue weighted by Crippen LogP contribution is -2.37. The molecular formula is C18H22N2O3. The van der Waals surface area contributed by atoms with Crippen molar-refractivity contribution in [1.29, 1.82) is 0 Å². The second-order valence-corrected chi connectivity index (χ2v) is 6.04. The van der Waals surface area contributed by atoms with E-state index < -0.39 is 0 Å². The summed E-state index contributed by atoms with van der Waals surface area (Å²) in [6, 6.07) is 4.00. The molecule has 2 aromatic rings. The third-order valence-corrected chi connectivity index (χ3v) is 4.59. The molecular weight excluding hydrogens is 292 g/mol. The second kappa shape index (κ2) is 6.07. The summed E-state index contributed by atoms with van der Waals surface area (Å²) in [6.45, 7) is 6.51. The Morgan fingerprint density at radius 1 is 1.35 bits per heavy atom. The van der Waals surface area contributed by atoms with Gasteiger partial charge in [-0.25, -0.2) is 0 Å². The van der Waals surface area contributed by atoms with Gasteiger partial charge < -0.3 is 14.2 Å². The lowest BCUT2D eigenvalue weighted by atomic mass is 9.95. The van der Waals surface area contributed by atoms with Crippen molar-refractivity contribution < 1.29 is 14.1 Å². The number of carbonyl (C=O) groups excluding carboxylic acids is 1. The Labute approximate surface area is 136 Å². The maximum atomic E-state index is 12.9. The van der Waals surface area contributed by atoms with Crippen LogP contribution in [-0.4, -0.2) is 24.7 Å². The van der Waals surface area contributed by atoms with Crippen LogP contribution in [0.4, 0.5) is 5.69 Å². The maximum absolute atomic E-state index is 12.9. The van der Waals surface area contributed by atoms with E-state index in [4.69, 9.17) is 9.26 Å². The number of carbonyl (C=O) groups is 1. The van der Waals surface area contributed by atoms with Crippen molar-refractivity contribution in [3.63, 3.8) is 0 Å². The molecule has 1 aromatic carbocycles. The van der Waals surface area contributed by atoms with E-state index in [0.717, 1.165) is 42.1 Å². The first-order chi connectivity index (χ1) is 11.0. The van der Waals surface area contributed by atoms with Crippen LogP contribution in [0.1, 0.15) is 34.6 Å². The maximum Gasteiger partial charge on any atom is 0.231 e. The second-order valence-electron chi connectivity index (χ2n) is 6.04. The van der Waals surface area contributed by atoms with Crippen LogP contribution in [0.25, 0.3) is 0 Å². The Hall–Kier alpha value is -2.30. The highest BCUT2D eigenvalue weighted by Gasteiger charge is 2.28. The van der Waals surface area contributed by atoms with Crippen LogP contribution >= 0.6 is 0 Å². The van der Waals surface area contributed by atoms with Gasteiger partial charge in [0.25, 0.3) is 0 Å². The molecule has 0 saturated carbocycles. The van der Waals surface area contributed by atoms with E-state index in [1.165, 1.54) is 11.1 Å². The van der Waals surface area contributed by atoms with E-state index in [1.807, 2.05) is 24.8 Å². The van der Waals surface area contributed by atoms with Crippen LogP contribution in [0.2, 0.25) is 0 Å². The van der Waals surface area contributed by atoms with E-state index in [-0.39, 0.29) is 5.91 Å². The highest BCUT2D eigenvalue weighted by atomic mass is 16.5. The van der Waals surface area contributed by atoms with Crippen molar-refractivity contribution in [3.8, 4) is 5.75 Å². The predicted octanol–water partition coefficient (Wildman–Crippen LogP) is 3.13. The number of anilines is 1. The average Bonchev–Trinajstić information content (AvgIpc) is 2.87. The lowest BCUT2D eigenvalue weighted by molar-refractivity contribution is -0.118. The molecule has 1 aliphatic rings. The number of hydrogen-bond acceptors (Lipinski definition) is 4. The molecule has 0 radical (unpaired) electrons. The molecule has 0 N–H and O–H groups in total. The molecule has 1 amide bonds. The summed E-state index contributed by atoms with van der Waals surface area (Å²) < 4.78 is 10.7. The molecule has 0 bridgehead atoms. The number of nitrogens with zero attached hydrogens (tertiary/aromatic N) is 2. The minimum absolute atomic E-state index is 0.0595. The van der Waals surface area contributed by atoms with E-state index in [9.17, 15) is 4.79 Å². The molecule has 0 atom stereocenters. The van der Waals surface area contributed by atoms with E-state index in [1.54, 1.807) is 7.11 Å². The zero-order valence-corrected chi connectivity index (χ0v) is 14.1. The number of hydrogen-bond donors (Lipinski definition) is 0. The standard InChI is InChI=1S/C18H22N2O3/c1-11-7-8-16(22-4)18-14(11)6-5-9-20(18)17(21)10-15-12(2)19-23-13(15)3/h7-8H,5-6,9-10H2,1-4H3. The summed E-state index contributed by atoms with van der Waals surface area (Å²) in [5, 5.41) is 3.94. The molecule has 1 aromatic heterocycles. The quantitative estimate of drug-likeness (QED) is 0.873. The van der Waals surface area contributed by atoms with E-state index in [0.29, 0.717) is 12.2 Å². The number of rotatable bonds is 3. The molecule has 0 unspecified atom stereocenters. The third kappa shape index (κ3) is 2.71. The van der Waals surface area contributed by atoms with Gasteiger partial charge in [-0.2, -0.15) is 0 Å². The SMILES string of the molecule is COc1ccc(C)c2c1N(C(=O)Cc1c(C)noc1C)CCC2. The zero-order chi connectivity index (χ0) is 16.6. The molecule has 2 heterocycles. The van der Waals surface area contributed by atoms with Gasteiger partial charge in [0.05, 0.1) is 24.9 Å². The van der Waals surface area contributed by atoms with Crippen molar-refractivity contribution in [3.05, 3.63) is 40.3 Å².